The van der Waals surface area contributed by atoms with Crippen LogP contribution in [0.25, 0.3) is 0 Å². The van der Waals surface area contributed by atoms with Gasteiger partial charge in [0, 0.05) is 3.57 Å². The number of aryl methyl sites for hydroxylation is 2. The molecule has 0 aliphatic heterocycles. The summed E-state index contributed by atoms with van der Waals surface area (Å²) in [6.07, 6.45) is 0. The summed E-state index contributed by atoms with van der Waals surface area (Å²) in [6, 6.07) is 11.3. The van der Waals surface area contributed by atoms with Gasteiger partial charge in [0.2, 0.25) is 0 Å². The fraction of sp³-hybridized carbons (Fsp3) is 0.200. The number of carbonyl (C=O) groups is 1. The molecule has 1 heterocycles. The van der Waals surface area contributed by atoms with E-state index in [2.05, 4.69) is 32.9 Å². The van der Waals surface area contributed by atoms with E-state index in [1.807, 2.05) is 44.2 Å². The van der Waals surface area contributed by atoms with Crippen molar-refractivity contribution in [3.63, 3.8) is 0 Å². The summed E-state index contributed by atoms with van der Waals surface area (Å²) in [4.78, 5) is 16.1. The number of nitrogens with one attached hydrogen (secondary N) is 1. The van der Waals surface area contributed by atoms with E-state index < -0.39 is 0 Å². The molecule has 0 saturated heterocycles. The van der Waals surface area contributed by atoms with Crippen LogP contribution in [0.15, 0.2) is 36.4 Å². The Morgan fingerprint density at radius 2 is 2.10 bits per heavy atom. The van der Waals surface area contributed by atoms with E-state index in [1.54, 1.807) is 6.07 Å². The van der Waals surface area contributed by atoms with Crippen molar-refractivity contribution in [2.45, 2.75) is 13.8 Å². The molecule has 0 saturated carbocycles. The second-order valence-electron chi connectivity index (χ2n) is 4.42. The van der Waals surface area contributed by atoms with Gasteiger partial charge in [0.05, 0.1) is 5.69 Å². The third-order valence-corrected chi connectivity index (χ3v) is 3.79. The molecule has 104 valence electrons. The maximum Gasteiger partial charge on any atom is 0.263 e. The topological polar surface area (TPSA) is 51.2 Å². The fourth-order valence-corrected chi connectivity index (χ4v) is 1.95. The lowest BCUT2D eigenvalue weighted by Gasteiger charge is -2.08. The number of aromatic nitrogens is 1. The van der Waals surface area contributed by atoms with Gasteiger partial charge in [-0.2, -0.15) is 0 Å². The van der Waals surface area contributed by atoms with Crippen molar-refractivity contribution in [2.75, 3.05) is 11.9 Å². The number of anilines is 1. The van der Waals surface area contributed by atoms with Gasteiger partial charge < -0.3 is 10.1 Å². The summed E-state index contributed by atoms with van der Waals surface area (Å²) in [5.41, 5.74) is 1.99. The van der Waals surface area contributed by atoms with E-state index in [4.69, 9.17) is 4.74 Å². The van der Waals surface area contributed by atoms with Crippen LogP contribution in [0.1, 0.15) is 11.3 Å². The van der Waals surface area contributed by atoms with Crippen LogP contribution >= 0.6 is 22.6 Å². The van der Waals surface area contributed by atoms with Crippen molar-refractivity contribution in [2.24, 2.45) is 0 Å². The Hall–Kier alpha value is -1.63. The van der Waals surface area contributed by atoms with Crippen LogP contribution in [0, 0.1) is 17.4 Å². The molecular weight excluding hydrogens is 367 g/mol. The number of carbonyl (C=O) groups excluding carboxylic acids is 1. The first-order valence-corrected chi connectivity index (χ1v) is 7.25. The Labute approximate surface area is 131 Å². The second kappa shape index (κ2) is 6.69. The largest absolute Gasteiger partial charge is 0.484 e. The molecule has 5 heteroatoms. The quantitative estimate of drug-likeness (QED) is 0.826. The number of rotatable bonds is 4. The van der Waals surface area contributed by atoms with Crippen molar-refractivity contribution in [1.82, 2.24) is 4.98 Å². The first-order chi connectivity index (χ1) is 9.54. The molecule has 2 rings (SSSR count). The summed E-state index contributed by atoms with van der Waals surface area (Å²) in [5.74, 6) is 1.01. The number of nitrogens with zero attached hydrogens (tertiary/aromatic N) is 1. The molecule has 4 nitrogen and oxygen atoms in total. The van der Waals surface area contributed by atoms with Crippen LogP contribution in [0.5, 0.6) is 5.75 Å². The molecule has 0 aliphatic rings. The van der Waals surface area contributed by atoms with Gasteiger partial charge in [-0.25, -0.2) is 4.98 Å². The monoisotopic (exact) mass is 382 g/mol. The predicted molar refractivity (Wildman–Crippen MR) is 87.0 cm³/mol. The first kappa shape index (κ1) is 14.8. The normalized spacial score (nSPS) is 10.2. The molecule has 1 aromatic carbocycles. The van der Waals surface area contributed by atoms with Crippen LogP contribution in [0.3, 0.4) is 0 Å². The van der Waals surface area contributed by atoms with E-state index in [0.29, 0.717) is 11.6 Å². The number of amides is 1. The highest BCUT2D eigenvalue weighted by Gasteiger charge is 2.06. The lowest BCUT2D eigenvalue weighted by atomic mass is 10.2. The van der Waals surface area contributed by atoms with Gasteiger partial charge >= 0.3 is 0 Å². The Kier molecular flexibility index (Phi) is 4.94. The fourth-order valence-electron chi connectivity index (χ4n) is 1.65. The van der Waals surface area contributed by atoms with Gasteiger partial charge in [0.1, 0.15) is 11.6 Å². The van der Waals surface area contributed by atoms with Gasteiger partial charge in [-0.1, -0.05) is 12.1 Å². The van der Waals surface area contributed by atoms with Crippen molar-refractivity contribution >= 4 is 34.3 Å². The van der Waals surface area contributed by atoms with Gasteiger partial charge in [-0.05, 0) is 66.3 Å². The SMILES string of the molecule is Cc1cccc(OCC(=O)Nc2ccc(I)c(C)n2)c1. The minimum Gasteiger partial charge on any atom is -0.484 e. The lowest BCUT2D eigenvalue weighted by molar-refractivity contribution is -0.118. The van der Waals surface area contributed by atoms with Gasteiger partial charge in [0.25, 0.3) is 5.91 Å². The summed E-state index contributed by atoms with van der Waals surface area (Å²) < 4.78 is 6.50. The van der Waals surface area contributed by atoms with Gasteiger partial charge in [0.15, 0.2) is 6.61 Å². The van der Waals surface area contributed by atoms with Crippen LogP contribution in [-0.2, 0) is 4.79 Å². The zero-order valence-electron chi connectivity index (χ0n) is 11.3. The van der Waals surface area contributed by atoms with E-state index in [9.17, 15) is 4.79 Å². The lowest BCUT2D eigenvalue weighted by Crippen LogP contribution is -2.21. The van der Waals surface area contributed by atoms with Crippen molar-refractivity contribution in [3.8, 4) is 5.75 Å². The summed E-state index contributed by atoms with van der Waals surface area (Å²) in [7, 11) is 0. The maximum absolute atomic E-state index is 11.8. The minimum atomic E-state index is -0.223. The minimum absolute atomic E-state index is 0.0316. The molecule has 0 bridgehead atoms. The van der Waals surface area contributed by atoms with Crippen LogP contribution in [0.4, 0.5) is 5.82 Å². The number of hydrogen-bond donors (Lipinski definition) is 1. The van der Waals surface area contributed by atoms with Crippen molar-refractivity contribution in [3.05, 3.63) is 51.2 Å². The third kappa shape index (κ3) is 4.19. The Morgan fingerprint density at radius 3 is 2.80 bits per heavy atom. The van der Waals surface area contributed by atoms with Crippen LogP contribution in [-0.4, -0.2) is 17.5 Å². The molecule has 0 aliphatic carbocycles. The number of pyridine rings is 1. The van der Waals surface area contributed by atoms with Crippen LogP contribution < -0.4 is 10.1 Å². The molecule has 20 heavy (non-hydrogen) atoms. The van der Waals surface area contributed by atoms with Crippen molar-refractivity contribution < 1.29 is 9.53 Å². The van der Waals surface area contributed by atoms with Gasteiger partial charge in [-0.15, -0.1) is 0 Å². The van der Waals surface area contributed by atoms with E-state index in [1.165, 1.54) is 0 Å². The summed E-state index contributed by atoms with van der Waals surface area (Å²) >= 11 is 2.20. The molecule has 0 atom stereocenters. The highest BCUT2D eigenvalue weighted by molar-refractivity contribution is 14.1. The molecule has 0 fully saturated rings. The van der Waals surface area contributed by atoms with E-state index >= 15 is 0 Å². The standard InChI is InChI=1S/C15H15IN2O2/c1-10-4-3-5-12(8-10)20-9-15(19)18-14-7-6-13(16)11(2)17-14/h3-8H,9H2,1-2H3,(H,17,18,19). The zero-order chi connectivity index (χ0) is 14.5. The molecule has 1 aromatic heterocycles. The summed E-state index contributed by atoms with van der Waals surface area (Å²) in [6.45, 7) is 3.85. The molecule has 2 aromatic rings. The Bertz CT molecular complexity index is 629. The smallest absolute Gasteiger partial charge is 0.263 e. The van der Waals surface area contributed by atoms with Gasteiger partial charge in [-0.3, -0.25) is 4.79 Å². The average molecular weight is 382 g/mol. The van der Waals surface area contributed by atoms with Crippen molar-refractivity contribution in [1.29, 1.82) is 0 Å². The third-order valence-electron chi connectivity index (χ3n) is 2.65. The number of ether oxygens (including phenoxy) is 1. The zero-order valence-corrected chi connectivity index (χ0v) is 13.5. The first-order valence-electron chi connectivity index (χ1n) is 6.17. The molecule has 0 unspecified atom stereocenters. The van der Waals surface area contributed by atoms with E-state index in [0.717, 1.165) is 14.8 Å². The maximum atomic E-state index is 11.8. The Balaban J connectivity index is 1.91. The highest BCUT2D eigenvalue weighted by atomic mass is 127. The second-order valence-corrected chi connectivity index (χ2v) is 5.58. The Morgan fingerprint density at radius 1 is 1.30 bits per heavy atom. The average Bonchev–Trinajstić information content (AvgIpc) is 2.41. The summed E-state index contributed by atoms with van der Waals surface area (Å²) in [5, 5.41) is 2.72. The molecule has 0 spiro atoms. The highest BCUT2D eigenvalue weighted by Crippen LogP contribution is 2.14. The molecule has 0 radical (unpaired) electrons. The predicted octanol–water partition coefficient (Wildman–Crippen LogP) is 3.32. The molecule has 1 amide bonds. The molecular formula is C15H15IN2O2. The van der Waals surface area contributed by atoms with E-state index in [-0.39, 0.29) is 12.5 Å². The number of benzene rings is 1. The number of halogens is 1. The number of hydrogen-bond acceptors (Lipinski definition) is 3. The van der Waals surface area contributed by atoms with Crippen LogP contribution in [0.2, 0.25) is 0 Å². The molecule has 1 N–H and O–H groups in total.